The first-order valence-electron chi connectivity index (χ1n) is 8.38. The number of halogens is 2. The standard InChI is InChI=1S/C21H15ClFN3O/c22-17-5-3-6-18(23)16(17)12-24-21(27)14-10-8-13(9-11-14)20-15-4-1-2-7-19(15)25-26-20/h1-11H,12H2,(H,24,27)(H,25,26). The highest BCUT2D eigenvalue weighted by Gasteiger charge is 2.12. The van der Waals surface area contributed by atoms with Crippen molar-refractivity contribution in [1.29, 1.82) is 0 Å². The SMILES string of the molecule is O=C(NCc1c(F)cccc1Cl)c1ccc(-c2n[nH]c3ccccc23)cc1. The van der Waals surface area contributed by atoms with Gasteiger partial charge in [-0.25, -0.2) is 4.39 Å². The Morgan fingerprint density at radius 1 is 1.04 bits per heavy atom. The van der Waals surface area contributed by atoms with Crippen LogP contribution in [0.2, 0.25) is 5.02 Å². The number of aromatic nitrogens is 2. The van der Waals surface area contributed by atoms with Gasteiger partial charge in [0, 0.05) is 33.6 Å². The number of amides is 1. The molecule has 0 saturated carbocycles. The molecule has 0 aliphatic carbocycles. The lowest BCUT2D eigenvalue weighted by Crippen LogP contribution is -2.23. The number of H-pyrrole nitrogens is 1. The Morgan fingerprint density at radius 2 is 1.81 bits per heavy atom. The van der Waals surface area contributed by atoms with Gasteiger partial charge in [0.15, 0.2) is 0 Å². The zero-order valence-corrected chi connectivity index (χ0v) is 14.9. The molecule has 4 nitrogen and oxygen atoms in total. The summed E-state index contributed by atoms with van der Waals surface area (Å²) < 4.78 is 13.8. The van der Waals surface area contributed by atoms with Gasteiger partial charge in [0.1, 0.15) is 5.82 Å². The second-order valence-corrected chi connectivity index (χ2v) is 6.49. The predicted molar refractivity (Wildman–Crippen MR) is 104 cm³/mol. The molecule has 0 spiro atoms. The Balaban J connectivity index is 1.51. The van der Waals surface area contributed by atoms with Crippen LogP contribution >= 0.6 is 11.6 Å². The van der Waals surface area contributed by atoms with Crippen LogP contribution < -0.4 is 5.32 Å². The number of carbonyl (C=O) groups excluding carboxylic acids is 1. The van der Waals surface area contributed by atoms with Gasteiger partial charge in [-0.05, 0) is 30.3 Å². The molecule has 4 aromatic rings. The first-order valence-corrected chi connectivity index (χ1v) is 8.76. The van der Waals surface area contributed by atoms with Crippen LogP contribution in [0.3, 0.4) is 0 Å². The molecule has 3 aromatic carbocycles. The van der Waals surface area contributed by atoms with Crippen LogP contribution in [0, 0.1) is 5.82 Å². The minimum Gasteiger partial charge on any atom is -0.348 e. The maximum atomic E-state index is 13.8. The van der Waals surface area contributed by atoms with Gasteiger partial charge >= 0.3 is 0 Å². The second-order valence-electron chi connectivity index (χ2n) is 6.08. The second kappa shape index (κ2) is 7.21. The van der Waals surface area contributed by atoms with Gasteiger partial charge in [-0.15, -0.1) is 0 Å². The molecule has 1 heterocycles. The normalized spacial score (nSPS) is 10.9. The predicted octanol–water partition coefficient (Wildman–Crippen LogP) is 4.95. The zero-order valence-electron chi connectivity index (χ0n) is 14.2. The first-order chi connectivity index (χ1) is 13.1. The van der Waals surface area contributed by atoms with Crippen LogP contribution in [0.25, 0.3) is 22.2 Å². The van der Waals surface area contributed by atoms with Crippen molar-refractivity contribution in [2.45, 2.75) is 6.54 Å². The van der Waals surface area contributed by atoms with E-state index in [0.29, 0.717) is 5.56 Å². The quantitative estimate of drug-likeness (QED) is 0.527. The fourth-order valence-corrected chi connectivity index (χ4v) is 3.16. The van der Waals surface area contributed by atoms with E-state index in [1.54, 1.807) is 18.2 Å². The largest absolute Gasteiger partial charge is 0.348 e. The highest BCUT2D eigenvalue weighted by Crippen LogP contribution is 2.26. The Hall–Kier alpha value is -3.18. The van der Waals surface area contributed by atoms with Crippen molar-refractivity contribution in [2.24, 2.45) is 0 Å². The highest BCUT2D eigenvalue weighted by molar-refractivity contribution is 6.31. The van der Waals surface area contributed by atoms with Crippen molar-refractivity contribution in [2.75, 3.05) is 0 Å². The molecule has 0 bridgehead atoms. The van der Waals surface area contributed by atoms with Gasteiger partial charge in [-0.2, -0.15) is 5.10 Å². The van der Waals surface area contributed by atoms with E-state index in [0.717, 1.165) is 22.2 Å². The smallest absolute Gasteiger partial charge is 0.251 e. The van der Waals surface area contributed by atoms with Crippen molar-refractivity contribution in [1.82, 2.24) is 15.5 Å². The summed E-state index contributed by atoms with van der Waals surface area (Å²) in [5.41, 5.74) is 3.44. The molecule has 2 N–H and O–H groups in total. The lowest BCUT2D eigenvalue weighted by Gasteiger charge is -2.08. The van der Waals surface area contributed by atoms with Gasteiger partial charge in [0.05, 0.1) is 11.2 Å². The molecule has 0 aliphatic rings. The van der Waals surface area contributed by atoms with E-state index in [-0.39, 0.29) is 23.0 Å². The van der Waals surface area contributed by atoms with Gasteiger partial charge < -0.3 is 5.32 Å². The molecule has 0 aliphatic heterocycles. The van der Waals surface area contributed by atoms with E-state index in [1.165, 1.54) is 12.1 Å². The summed E-state index contributed by atoms with van der Waals surface area (Å²) in [6, 6.07) is 19.4. The molecule has 1 amide bonds. The summed E-state index contributed by atoms with van der Waals surface area (Å²) in [4.78, 5) is 12.4. The molecule has 0 radical (unpaired) electrons. The molecule has 27 heavy (non-hydrogen) atoms. The Bertz CT molecular complexity index is 1100. The summed E-state index contributed by atoms with van der Waals surface area (Å²) in [6.45, 7) is 0.0239. The third kappa shape index (κ3) is 3.41. The monoisotopic (exact) mass is 379 g/mol. The number of fused-ring (bicyclic) bond motifs is 1. The lowest BCUT2D eigenvalue weighted by molar-refractivity contribution is 0.0950. The third-order valence-corrected chi connectivity index (χ3v) is 4.73. The third-order valence-electron chi connectivity index (χ3n) is 4.38. The molecular formula is C21H15ClFN3O. The van der Waals surface area contributed by atoms with Crippen molar-refractivity contribution in [3.63, 3.8) is 0 Å². The van der Waals surface area contributed by atoms with E-state index in [9.17, 15) is 9.18 Å². The van der Waals surface area contributed by atoms with Crippen LogP contribution in [0.5, 0.6) is 0 Å². The number of benzene rings is 3. The van der Waals surface area contributed by atoms with E-state index in [2.05, 4.69) is 15.5 Å². The van der Waals surface area contributed by atoms with E-state index in [4.69, 9.17) is 11.6 Å². The molecule has 4 rings (SSSR count). The van der Waals surface area contributed by atoms with Crippen LogP contribution in [0.4, 0.5) is 4.39 Å². The molecule has 134 valence electrons. The van der Waals surface area contributed by atoms with Gasteiger partial charge in [-0.1, -0.05) is 48.0 Å². The average molecular weight is 380 g/mol. The number of hydrogen-bond donors (Lipinski definition) is 2. The summed E-state index contributed by atoms with van der Waals surface area (Å²) in [6.07, 6.45) is 0. The Labute approximate surface area is 160 Å². The van der Waals surface area contributed by atoms with Crippen LogP contribution in [-0.2, 0) is 6.54 Å². The fourth-order valence-electron chi connectivity index (χ4n) is 2.93. The summed E-state index contributed by atoms with van der Waals surface area (Å²) in [5.74, 6) is -0.740. The van der Waals surface area contributed by atoms with Crippen molar-refractivity contribution in [3.05, 3.63) is 88.7 Å². The Morgan fingerprint density at radius 3 is 2.59 bits per heavy atom. The molecule has 6 heteroatoms. The molecular weight excluding hydrogens is 365 g/mol. The molecule has 0 unspecified atom stereocenters. The van der Waals surface area contributed by atoms with Crippen LogP contribution in [0.15, 0.2) is 66.7 Å². The van der Waals surface area contributed by atoms with E-state index in [1.807, 2.05) is 36.4 Å². The molecule has 0 saturated heterocycles. The number of nitrogens with zero attached hydrogens (tertiary/aromatic N) is 1. The summed E-state index contributed by atoms with van der Waals surface area (Å²) >= 11 is 5.98. The van der Waals surface area contributed by atoms with Gasteiger partial charge in [0.2, 0.25) is 0 Å². The number of nitrogens with one attached hydrogen (secondary N) is 2. The number of aromatic amines is 1. The van der Waals surface area contributed by atoms with Gasteiger partial charge in [0.25, 0.3) is 5.91 Å². The fraction of sp³-hybridized carbons (Fsp3) is 0.0476. The van der Waals surface area contributed by atoms with Crippen molar-refractivity contribution >= 4 is 28.4 Å². The highest BCUT2D eigenvalue weighted by atomic mass is 35.5. The maximum absolute atomic E-state index is 13.8. The molecule has 0 fully saturated rings. The number of rotatable bonds is 4. The molecule has 0 atom stereocenters. The van der Waals surface area contributed by atoms with Crippen molar-refractivity contribution < 1.29 is 9.18 Å². The zero-order chi connectivity index (χ0) is 18.8. The Kier molecular flexibility index (Phi) is 4.60. The van der Waals surface area contributed by atoms with E-state index >= 15 is 0 Å². The maximum Gasteiger partial charge on any atom is 0.251 e. The summed E-state index contributed by atoms with van der Waals surface area (Å²) in [5, 5.41) is 11.4. The van der Waals surface area contributed by atoms with Crippen LogP contribution in [-0.4, -0.2) is 16.1 Å². The van der Waals surface area contributed by atoms with Gasteiger partial charge in [-0.3, -0.25) is 9.89 Å². The summed E-state index contributed by atoms with van der Waals surface area (Å²) in [7, 11) is 0. The number of carbonyl (C=O) groups is 1. The number of hydrogen-bond acceptors (Lipinski definition) is 2. The number of para-hydroxylation sites is 1. The topological polar surface area (TPSA) is 57.8 Å². The first kappa shape index (κ1) is 17.2. The minimum atomic E-state index is -0.441. The van der Waals surface area contributed by atoms with Crippen LogP contribution in [0.1, 0.15) is 15.9 Å². The molecule has 1 aromatic heterocycles. The lowest BCUT2D eigenvalue weighted by atomic mass is 10.1. The minimum absolute atomic E-state index is 0.0239. The average Bonchev–Trinajstić information content (AvgIpc) is 3.12. The van der Waals surface area contributed by atoms with E-state index < -0.39 is 5.82 Å². The van der Waals surface area contributed by atoms with Crippen molar-refractivity contribution in [3.8, 4) is 11.3 Å².